The van der Waals surface area contributed by atoms with Crippen molar-refractivity contribution in [3.8, 4) is 0 Å². The number of carbonyl (C=O) groups is 2. The van der Waals surface area contributed by atoms with E-state index in [0.29, 0.717) is 6.41 Å². The molecule has 0 bridgehead atoms. The van der Waals surface area contributed by atoms with E-state index in [2.05, 4.69) is 10.6 Å². The quantitative estimate of drug-likeness (QED) is 0.706. The number of imide groups is 1. The lowest BCUT2D eigenvalue weighted by Gasteiger charge is -2.14. The van der Waals surface area contributed by atoms with E-state index in [1.165, 1.54) is 0 Å². The highest BCUT2D eigenvalue weighted by Crippen LogP contribution is 2.13. The van der Waals surface area contributed by atoms with Crippen LogP contribution in [-0.2, 0) is 9.59 Å². The van der Waals surface area contributed by atoms with Crippen LogP contribution in [0.2, 0.25) is 0 Å². The molecular formula is C11H14N2O2. The summed E-state index contributed by atoms with van der Waals surface area (Å²) in [5, 5.41) is 4.98. The molecule has 1 aromatic carbocycles. The van der Waals surface area contributed by atoms with Gasteiger partial charge in [0.1, 0.15) is 6.04 Å². The molecule has 1 unspecified atom stereocenters. The van der Waals surface area contributed by atoms with Crippen molar-refractivity contribution in [2.45, 2.75) is 13.0 Å². The predicted molar refractivity (Wildman–Crippen MR) is 57.2 cm³/mol. The first-order chi connectivity index (χ1) is 7.19. The van der Waals surface area contributed by atoms with Gasteiger partial charge < -0.3 is 5.32 Å². The average molecular weight is 206 g/mol. The van der Waals surface area contributed by atoms with E-state index >= 15 is 0 Å². The van der Waals surface area contributed by atoms with Crippen molar-refractivity contribution >= 4 is 12.3 Å². The van der Waals surface area contributed by atoms with E-state index in [1.807, 2.05) is 31.2 Å². The van der Waals surface area contributed by atoms with E-state index in [0.717, 1.165) is 11.1 Å². The first kappa shape index (κ1) is 11.4. The Kier molecular flexibility index (Phi) is 4.00. The molecule has 0 aliphatic carbocycles. The highest BCUT2D eigenvalue weighted by molar-refractivity contribution is 5.90. The Morgan fingerprint density at radius 3 is 2.40 bits per heavy atom. The van der Waals surface area contributed by atoms with Gasteiger partial charge in [-0.2, -0.15) is 0 Å². The number of rotatable bonds is 4. The van der Waals surface area contributed by atoms with Gasteiger partial charge in [0.05, 0.1) is 0 Å². The average Bonchev–Trinajstić information content (AvgIpc) is 2.22. The molecule has 0 spiro atoms. The highest BCUT2D eigenvalue weighted by Gasteiger charge is 2.17. The van der Waals surface area contributed by atoms with Crippen LogP contribution in [0, 0.1) is 6.92 Å². The standard InChI is InChI=1S/C11H14N2O2/c1-8-3-5-9(6-4-8)10(12-2)11(15)13-7-14/h3-7,10,12H,1-2H3,(H,13,14,15). The van der Waals surface area contributed by atoms with E-state index in [9.17, 15) is 9.59 Å². The number of likely N-dealkylation sites (N-methyl/N-ethyl adjacent to an activating group) is 1. The SMILES string of the molecule is CNC(C(=O)NC=O)c1ccc(C)cc1. The molecule has 2 amide bonds. The van der Waals surface area contributed by atoms with Crippen molar-refractivity contribution in [1.82, 2.24) is 10.6 Å². The lowest BCUT2D eigenvalue weighted by atomic mass is 10.0. The van der Waals surface area contributed by atoms with Gasteiger partial charge in [-0.1, -0.05) is 29.8 Å². The molecule has 0 aliphatic rings. The molecule has 4 nitrogen and oxygen atoms in total. The number of hydrogen-bond donors (Lipinski definition) is 2. The van der Waals surface area contributed by atoms with Crippen LogP contribution in [0.5, 0.6) is 0 Å². The van der Waals surface area contributed by atoms with E-state index < -0.39 is 6.04 Å². The minimum atomic E-state index is -0.490. The van der Waals surface area contributed by atoms with E-state index in [1.54, 1.807) is 7.05 Å². The summed E-state index contributed by atoms with van der Waals surface area (Å²) in [6.45, 7) is 1.98. The third-order valence-electron chi connectivity index (χ3n) is 2.16. The van der Waals surface area contributed by atoms with Gasteiger partial charge in [0, 0.05) is 0 Å². The summed E-state index contributed by atoms with van der Waals surface area (Å²) in [5.74, 6) is -0.351. The molecular weight excluding hydrogens is 192 g/mol. The fraction of sp³-hybridized carbons (Fsp3) is 0.273. The molecule has 15 heavy (non-hydrogen) atoms. The highest BCUT2D eigenvalue weighted by atomic mass is 16.2. The van der Waals surface area contributed by atoms with Gasteiger partial charge >= 0.3 is 0 Å². The zero-order chi connectivity index (χ0) is 11.3. The Morgan fingerprint density at radius 1 is 1.33 bits per heavy atom. The number of nitrogens with one attached hydrogen (secondary N) is 2. The van der Waals surface area contributed by atoms with Crippen LogP contribution in [-0.4, -0.2) is 19.4 Å². The molecule has 2 N–H and O–H groups in total. The van der Waals surface area contributed by atoms with Crippen molar-refractivity contribution in [3.05, 3.63) is 35.4 Å². The molecule has 0 aliphatic heterocycles. The minimum absolute atomic E-state index is 0.351. The van der Waals surface area contributed by atoms with Crippen LogP contribution in [0.1, 0.15) is 17.2 Å². The number of hydrogen-bond acceptors (Lipinski definition) is 3. The maximum Gasteiger partial charge on any atom is 0.248 e. The van der Waals surface area contributed by atoms with Crippen LogP contribution in [0.4, 0.5) is 0 Å². The van der Waals surface area contributed by atoms with Crippen LogP contribution < -0.4 is 10.6 Å². The van der Waals surface area contributed by atoms with Crippen molar-refractivity contribution in [1.29, 1.82) is 0 Å². The molecule has 0 saturated carbocycles. The van der Waals surface area contributed by atoms with Gasteiger partial charge in [0.25, 0.3) is 0 Å². The molecule has 4 heteroatoms. The number of aryl methyl sites for hydroxylation is 1. The molecule has 0 aromatic heterocycles. The fourth-order valence-corrected chi connectivity index (χ4v) is 1.35. The summed E-state index contributed by atoms with van der Waals surface area (Å²) in [5.41, 5.74) is 1.96. The summed E-state index contributed by atoms with van der Waals surface area (Å²) in [4.78, 5) is 21.6. The summed E-state index contributed by atoms with van der Waals surface area (Å²) >= 11 is 0. The van der Waals surface area contributed by atoms with Crippen molar-refractivity contribution in [2.24, 2.45) is 0 Å². The maximum atomic E-state index is 11.5. The fourth-order valence-electron chi connectivity index (χ4n) is 1.35. The number of amides is 2. The lowest BCUT2D eigenvalue weighted by molar-refractivity contribution is -0.126. The monoisotopic (exact) mass is 206 g/mol. The molecule has 80 valence electrons. The molecule has 0 saturated heterocycles. The summed E-state index contributed by atoms with van der Waals surface area (Å²) in [6, 6.07) is 7.08. The lowest BCUT2D eigenvalue weighted by Crippen LogP contribution is -2.35. The minimum Gasteiger partial charge on any atom is -0.305 e. The van der Waals surface area contributed by atoms with Gasteiger partial charge in [-0.3, -0.25) is 14.9 Å². The Morgan fingerprint density at radius 2 is 1.93 bits per heavy atom. The number of carbonyl (C=O) groups excluding carboxylic acids is 2. The summed E-state index contributed by atoms with van der Waals surface area (Å²) in [6.07, 6.45) is 0.390. The molecule has 1 aromatic rings. The third kappa shape index (κ3) is 2.89. The maximum absolute atomic E-state index is 11.5. The van der Waals surface area contributed by atoms with Crippen LogP contribution >= 0.6 is 0 Å². The van der Waals surface area contributed by atoms with Crippen LogP contribution in [0.3, 0.4) is 0 Å². The van der Waals surface area contributed by atoms with Gasteiger partial charge in [-0.05, 0) is 19.5 Å². The normalized spacial score (nSPS) is 11.9. The first-order valence-corrected chi connectivity index (χ1v) is 4.67. The van der Waals surface area contributed by atoms with Gasteiger partial charge in [0.15, 0.2) is 0 Å². The van der Waals surface area contributed by atoms with Crippen molar-refractivity contribution < 1.29 is 9.59 Å². The Hall–Kier alpha value is -1.68. The second-order valence-corrected chi connectivity index (χ2v) is 3.26. The molecule has 1 rings (SSSR count). The van der Waals surface area contributed by atoms with Crippen LogP contribution in [0.25, 0.3) is 0 Å². The first-order valence-electron chi connectivity index (χ1n) is 4.67. The van der Waals surface area contributed by atoms with Gasteiger partial charge in [-0.15, -0.1) is 0 Å². The van der Waals surface area contributed by atoms with Gasteiger partial charge in [0.2, 0.25) is 12.3 Å². The molecule has 1 atom stereocenters. The molecule has 0 heterocycles. The van der Waals surface area contributed by atoms with Gasteiger partial charge in [-0.25, -0.2) is 0 Å². The Balaban J connectivity index is 2.87. The van der Waals surface area contributed by atoms with E-state index in [4.69, 9.17) is 0 Å². The summed E-state index contributed by atoms with van der Waals surface area (Å²) < 4.78 is 0. The summed E-state index contributed by atoms with van der Waals surface area (Å²) in [7, 11) is 1.68. The Labute approximate surface area is 88.7 Å². The zero-order valence-electron chi connectivity index (χ0n) is 8.78. The Bertz CT molecular complexity index is 346. The van der Waals surface area contributed by atoms with Crippen molar-refractivity contribution in [3.63, 3.8) is 0 Å². The van der Waals surface area contributed by atoms with Crippen LogP contribution in [0.15, 0.2) is 24.3 Å². The second-order valence-electron chi connectivity index (χ2n) is 3.26. The smallest absolute Gasteiger partial charge is 0.248 e. The third-order valence-corrected chi connectivity index (χ3v) is 2.16. The topological polar surface area (TPSA) is 58.2 Å². The number of benzene rings is 1. The zero-order valence-corrected chi connectivity index (χ0v) is 8.78. The van der Waals surface area contributed by atoms with E-state index in [-0.39, 0.29) is 5.91 Å². The second kappa shape index (κ2) is 5.26. The predicted octanol–water partition coefficient (Wildman–Crippen LogP) is 0.528. The molecule has 0 fully saturated rings. The largest absolute Gasteiger partial charge is 0.305 e. The van der Waals surface area contributed by atoms with Crippen molar-refractivity contribution in [2.75, 3.05) is 7.05 Å². The molecule has 0 radical (unpaired) electrons.